The summed E-state index contributed by atoms with van der Waals surface area (Å²) in [6, 6.07) is 6.10. The van der Waals surface area contributed by atoms with Gasteiger partial charge >= 0.3 is 0 Å². The molecule has 26 heavy (non-hydrogen) atoms. The number of aliphatic imine (C=N–C) groups is 1. The van der Waals surface area contributed by atoms with Gasteiger partial charge in [0.25, 0.3) is 0 Å². The molecule has 3 aromatic rings. The van der Waals surface area contributed by atoms with Crippen molar-refractivity contribution in [3.63, 3.8) is 0 Å². The summed E-state index contributed by atoms with van der Waals surface area (Å²) in [5.41, 5.74) is 4.10. The van der Waals surface area contributed by atoms with Crippen molar-refractivity contribution in [2.75, 3.05) is 26.0 Å². The predicted octanol–water partition coefficient (Wildman–Crippen LogP) is 2.65. The molecule has 0 aliphatic rings. The molecule has 140 valence electrons. The van der Waals surface area contributed by atoms with E-state index in [1.54, 1.807) is 18.4 Å². The highest BCUT2D eigenvalue weighted by Crippen LogP contribution is 2.17. The second-order valence-corrected chi connectivity index (χ2v) is 6.76. The third-order valence-corrected chi connectivity index (χ3v) is 4.82. The van der Waals surface area contributed by atoms with Crippen LogP contribution in [0.1, 0.15) is 17.1 Å². The zero-order valence-electron chi connectivity index (χ0n) is 15.4. The molecule has 0 aliphatic heterocycles. The van der Waals surface area contributed by atoms with Crippen LogP contribution in [-0.4, -0.2) is 41.5 Å². The minimum absolute atomic E-state index is 0. The van der Waals surface area contributed by atoms with Gasteiger partial charge in [-0.25, -0.2) is 9.97 Å². The minimum atomic E-state index is 0. The van der Waals surface area contributed by atoms with Gasteiger partial charge in [-0.05, 0) is 19.1 Å². The van der Waals surface area contributed by atoms with Crippen molar-refractivity contribution in [3.05, 3.63) is 46.9 Å². The van der Waals surface area contributed by atoms with E-state index in [1.807, 2.05) is 31.1 Å². The molecule has 0 spiro atoms. The number of guanidine groups is 1. The number of hydrogen-bond donors (Lipinski definition) is 2. The first-order valence-electron chi connectivity index (χ1n) is 8.06. The molecule has 0 radical (unpaired) electrons. The van der Waals surface area contributed by atoms with Crippen LogP contribution >= 0.6 is 35.3 Å². The predicted molar refractivity (Wildman–Crippen MR) is 119 cm³/mol. The monoisotopic (exact) mass is 485 g/mol. The molecule has 0 bridgehead atoms. The minimum Gasteiger partial charge on any atom is -0.354 e. The van der Waals surface area contributed by atoms with E-state index in [4.69, 9.17) is 0 Å². The third-order valence-electron chi connectivity index (χ3n) is 3.77. The maximum absolute atomic E-state index is 4.62. The third kappa shape index (κ3) is 4.85. The number of fused-ring (bicyclic) bond motifs is 1. The van der Waals surface area contributed by atoms with Crippen LogP contribution in [0.25, 0.3) is 5.65 Å². The summed E-state index contributed by atoms with van der Waals surface area (Å²) in [6.45, 7) is 3.32. The number of halogens is 1. The average molecular weight is 485 g/mol. The van der Waals surface area contributed by atoms with Crippen LogP contribution in [0.2, 0.25) is 0 Å². The Morgan fingerprint density at radius 1 is 1.19 bits per heavy atom. The largest absolute Gasteiger partial charge is 0.354 e. The van der Waals surface area contributed by atoms with E-state index in [0.717, 1.165) is 28.1 Å². The molecule has 9 heteroatoms. The lowest BCUT2D eigenvalue weighted by Crippen LogP contribution is -2.36. The van der Waals surface area contributed by atoms with Gasteiger partial charge in [0.1, 0.15) is 5.65 Å². The Bertz CT molecular complexity index is 884. The molecule has 0 saturated carbocycles. The van der Waals surface area contributed by atoms with Crippen LogP contribution in [0, 0.1) is 6.92 Å². The van der Waals surface area contributed by atoms with Gasteiger partial charge in [-0.1, -0.05) is 6.07 Å². The molecule has 3 heterocycles. The van der Waals surface area contributed by atoms with Crippen molar-refractivity contribution in [2.45, 2.75) is 20.0 Å². The maximum Gasteiger partial charge on any atom is 0.191 e. The van der Waals surface area contributed by atoms with Gasteiger partial charge in [-0.2, -0.15) is 0 Å². The van der Waals surface area contributed by atoms with E-state index in [1.165, 1.54) is 5.69 Å². The van der Waals surface area contributed by atoms with E-state index in [2.05, 4.69) is 54.6 Å². The fourth-order valence-corrected chi connectivity index (χ4v) is 3.19. The fourth-order valence-electron chi connectivity index (χ4n) is 2.44. The van der Waals surface area contributed by atoms with Gasteiger partial charge in [0, 0.05) is 38.4 Å². The molecule has 0 saturated heterocycles. The lowest BCUT2D eigenvalue weighted by molar-refractivity contribution is 0.788. The van der Waals surface area contributed by atoms with Crippen LogP contribution in [0.4, 0.5) is 5.13 Å². The first kappa shape index (κ1) is 20.4. The van der Waals surface area contributed by atoms with E-state index in [-0.39, 0.29) is 24.0 Å². The molecular weight excluding hydrogens is 461 g/mol. The van der Waals surface area contributed by atoms with Crippen LogP contribution in [0.15, 0.2) is 34.8 Å². The number of thiazole rings is 1. The maximum atomic E-state index is 4.62. The second-order valence-electron chi connectivity index (χ2n) is 5.92. The lowest BCUT2D eigenvalue weighted by atomic mass is 10.4. The summed E-state index contributed by atoms with van der Waals surface area (Å²) in [4.78, 5) is 15.4. The summed E-state index contributed by atoms with van der Waals surface area (Å²) in [5, 5.41) is 9.63. The van der Waals surface area contributed by atoms with Gasteiger partial charge in [0.05, 0.1) is 24.5 Å². The number of imidazole rings is 1. The van der Waals surface area contributed by atoms with Crippen molar-refractivity contribution in [1.29, 1.82) is 0 Å². The summed E-state index contributed by atoms with van der Waals surface area (Å²) in [6.07, 6.45) is 2.05. The zero-order valence-corrected chi connectivity index (χ0v) is 18.5. The van der Waals surface area contributed by atoms with E-state index >= 15 is 0 Å². The average Bonchev–Trinajstić information content (AvgIpc) is 3.22. The SMILES string of the molecule is CN=C(NCc1csc(N(C)C)n1)NCc1cn2c(C)cccc2n1.I. The molecule has 0 aliphatic carbocycles. The summed E-state index contributed by atoms with van der Waals surface area (Å²) >= 11 is 1.63. The molecule has 7 nitrogen and oxygen atoms in total. The number of nitrogens with zero attached hydrogens (tertiary/aromatic N) is 5. The van der Waals surface area contributed by atoms with Gasteiger partial charge in [0.2, 0.25) is 0 Å². The molecule has 0 amide bonds. The quantitative estimate of drug-likeness (QED) is 0.331. The summed E-state index contributed by atoms with van der Waals surface area (Å²) in [5.74, 6) is 0.730. The lowest BCUT2D eigenvalue weighted by Gasteiger charge is -2.10. The van der Waals surface area contributed by atoms with E-state index < -0.39 is 0 Å². The van der Waals surface area contributed by atoms with E-state index in [0.29, 0.717) is 13.1 Å². The Balaban J connectivity index is 0.00000243. The van der Waals surface area contributed by atoms with Crippen LogP contribution in [-0.2, 0) is 13.1 Å². The van der Waals surface area contributed by atoms with Crippen molar-refractivity contribution < 1.29 is 0 Å². The highest BCUT2D eigenvalue weighted by atomic mass is 127. The second kappa shape index (κ2) is 9.17. The van der Waals surface area contributed by atoms with Crippen molar-refractivity contribution in [1.82, 2.24) is 25.0 Å². The van der Waals surface area contributed by atoms with Crippen LogP contribution in [0.3, 0.4) is 0 Å². The molecule has 0 fully saturated rings. The molecule has 3 rings (SSSR count). The number of aryl methyl sites for hydroxylation is 1. The number of hydrogen-bond acceptors (Lipinski definition) is 5. The topological polar surface area (TPSA) is 69.9 Å². The highest BCUT2D eigenvalue weighted by molar-refractivity contribution is 14.0. The summed E-state index contributed by atoms with van der Waals surface area (Å²) in [7, 11) is 5.75. The number of nitrogens with one attached hydrogen (secondary N) is 2. The highest BCUT2D eigenvalue weighted by Gasteiger charge is 2.06. The Morgan fingerprint density at radius 3 is 2.54 bits per heavy atom. The first-order valence-corrected chi connectivity index (χ1v) is 8.94. The number of pyridine rings is 1. The summed E-state index contributed by atoms with van der Waals surface area (Å²) < 4.78 is 2.09. The van der Waals surface area contributed by atoms with Crippen LogP contribution < -0.4 is 15.5 Å². The smallest absolute Gasteiger partial charge is 0.191 e. The zero-order chi connectivity index (χ0) is 17.8. The van der Waals surface area contributed by atoms with E-state index in [9.17, 15) is 0 Å². The molecule has 2 N–H and O–H groups in total. The molecule has 3 aromatic heterocycles. The molecule has 0 unspecified atom stereocenters. The van der Waals surface area contributed by atoms with Crippen molar-refractivity contribution >= 4 is 52.1 Å². The number of aromatic nitrogens is 3. The van der Waals surface area contributed by atoms with Crippen LogP contribution in [0.5, 0.6) is 0 Å². The fraction of sp³-hybridized carbons (Fsp3) is 0.353. The molecule has 0 aromatic carbocycles. The Morgan fingerprint density at radius 2 is 1.92 bits per heavy atom. The number of anilines is 1. The Kier molecular flexibility index (Phi) is 7.21. The van der Waals surface area contributed by atoms with Crippen molar-refractivity contribution in [2.24, 2.45) is 4.99 Å². The molecular formula is C17H24IN7S. The Hall–Kier alpha value is -1.88. The van der Waals surface area contributed by atoms with Gasteiger partial charge in [0.15, 0.2) is 11.1 Å². The normalized spacial score (nSPS) is 11.3. The first-order chi connectivity index (χ1) is 12.1. The van der Waals surface area contributed by atoms with Gasteiger partial charge < -0.3 is 19.9 Å². The van der Waals surface area contributed by atoms with Crippen molar-refractivity contribution in [3.8, 4) is 0 Å². The Labute approximate surface area is 174 Å². The number of rotatable bonds is 5. The molecule has 0 atom stereocenters. The van der Waals surface area contributed by atoms with Gasteiger partial charge in [-0.15, -0.1) is 35.3 Å². The standard InChI is InChI=1S/C17H23N7S.HI/c1-12-6-5-7-15-21-13(10-24(12)15)8-19-16(18-2)20-9-14-11-25-17(22-14)23(3)4;/h5-7,10-11H,8-9H2,1-4H3,(H2,18,19,20);1H. The van der Waals surface area contributed by atoms with Gasteiger partial charge in [-0.3, -0.25) is 4.99 Å².